The quantitative estimate of drug-likeness (QED) is 0.821. The molecule has 3 N–H and O–H groups in total. The molecule has 110 valence electrons. The Kier molecular flexibility index (Phi) is 4.98. The van der Waals surface area contributed by atoms with Crippen LogP contribution in [0.3, 0.4) is 0 Å². The first-order valence-corrected chi connectivity index (χ1v) is 7.08. The van der Waals surface area contributed by atoms with Gasteiger partial charge < -0.3 is 15.8 Å². The maximum Gasteiger partial charge on any atom is 0.238 e. The number of morpholine rings is 1. The van der Waals surface area contributed by atoms with Gasteiger partial charge in [-0.25, -0.2) is 0 Å². The van der Waals surface area contributed by atoms with Crippen LogP contribution in [-0.2, 0) is 9.53 Å². The first-order chi connectivity index (χ1) is 9.61. The molecule has 1 unspecified atom stereocenters. The molecular weight excluding hydrogens is 254 g/mol. The van der Waals surface area contributed by atoms with E-state index in [4.69, 9.17) is 10.5 Å². The van der Waals surface area contributed by atoms with Crippen molar-refractivity contribution in [3.63, 3.8) is 0 Å². The molecule has 0 aliphatic carbocycles. The van der Waals surface area contributed by atoms with E-state index in [2.05, 4.69) is 17.1 Å². The summed E-state index contributed by atoms with van der Waals surface area (Å²) in [5.74, 6) is -0.000880. The zero-order valence-corrected chi connectivity index (χ0v) is 12.2. The van der Waals surface area contributed by atoms with Gasteiger partial charge in [-0.1, -0.05) is 13.0 Å². The minimum atomic E-state index is -0.000880. The molecule has 0 spiro atoms. The van der Waals surface area contributed by atoms with Gasteiger partial charge in [0.2, 0.25) is 5.91 Å². The Hall–Kier alpha value is -1.59. The zero-order chi connectivity index (χ0) is 14.5. The van der Waals surface area contributed by atoms with Crippen molar-refractivity contribution in [1.29, 1.82) is 0 Å². The van der Waals surface area contributed by atoms with Crippen molar-refractivity contribution >= 4 is 17.3 Å². The summed E-state index contributed by atoms with van der Waals surface area (Å²) >= 11 is 0. The molecule has 5 heteroatoms. The predicted molar refractivity (Wildman–Crippen MR) is 80.7 cm³/mol. The van der Waals surface area contributed by atoms with Crippen LogP contribution in [0.15, 0.2) is 18.2 Å². The van der Waals surface area contributed by atoms with Crippen molar-refractivity contribution in [2.45, 2.75) is 26.3 Å². The lowest BCUT2D eigenvalue weighted by molar-refractivity contribution is -0.119. The van der Waals surface area contributed by atoms with Crippen LogP contribution in [0.4, 0.5) is 11.4 Å². The highest BCUT2D eigenvalue weighted by molar-refractivity contribution is 5.93. The Balaban J connectivity index is 1.96. The smallest absolute Gasteiger partial charge is 0.238 e. The number of benzene rings is 1. The number of ether oxygens (including phenoxy) is 1. The number of rotatable bonds is 4. The maximum absolute atomic E-state index is 12.2. The van der Waals surface area contributed by atoms with Crippen LogP contribution in [0.25, 0.3) is 0 Å². The van der Waals surface area contributed by atoms with E-state index >= 15 is 0 Å². The van der Waals surface area contributed by atoms with E-state index in [1.165, 1.54) is 0 Å². The number of nitrogens with zero attached hydrogens (tertiary/aromatic N) is 1. The molecule has 1 fully saturated rings. The molecule has 20 heavy (non-hydrogen) atoms. The predicted octanol–water partition coefficient (Wildman–Crippen LogP) is 1.63. The highest BCUT2D eigenvalue weighted by Crippen LogP contribution is 2.20. The van der Waals surface area contributed by atoms with Crippen molar-refractivity contribution in [2.75, 3.05) is 37.4 Å². The van der Waals surface area contributed by atoms with Gasteiger partial charge in [-0.3, -0.25) is 9.69 Å². The second-order valence-corrected chi connectivity index (χ2v) is 5.18. The average molecular weight is 277 g/mol. The molecule has 0 bridgehead atoms. The summed E-state index contributed by atoms with van der Waals surface area (Å²) in [5, 5.41) is 2.94. The van der Waals surface area contributed by atoms with E-state index in [1.807, 2.05) is 25.1 Å². The molecule has 0 saturated carbocycles. The SMILES string of the molecule is CCC1COCCN1CC(=O)Nc1cccc(N)c1C. The van der Waals surface area contributed by atoms with Crippen LogP contribution < -0.4 is 11.1 Å². The van der Waals surface area contributed by atoms with Gasteiger partial charge >= 0.3 is 0 Å². The van der Waals surface area contributed by atoms with Gasteiger partial charge in [0.25, 0.3) is 0 Å². The summed E-state index contributed by atoms with van der Waals surface area (Å²) < 4.78 is 5.45. The minimum Gasteiger partial charge on any atom is -0.398 e. The van der Waals surface area contributed by atoms with E-state index in [-0.39, 0.29) is 5.91 Å². The number of nitrogen functional groups attached to an aromatic ring is 1. The van der Waals surface area contributed by atoms with Crippen LogP contribution >= 0.6 is 0 Å². The lowest BCUT2D eigenvalue weighted by Crippen LogP contribution is -2.48. The maximum atomic E-state index is 12.2. The average Bonchev–Trinajstić information content (AvgIpc) is 2.44. The number of hydrogen-bond acceptors (Lipinski definition) is 4. The van der Waals surface area contributed by atoms with Gasteiger partial charge in [-0.05, 0) is 31.0 Å². The minimum absolute atomic E-state index is 0.000880. The topological polar surface area (TPSA) is 67.6 Å². The standard InChI is InChI=1S/C15H23N3O2/c1-3-12-10-20-8-7-18(12)9-15(19)17-14-6-4-5-13(16)11(14)2/h4-6,12H,3,7-10,16H2,1-2H3,(H,17,19). The molecule has 1 aromatic rings. The van der Waals surface area contributed by atoms with Crippen LogP contribution in [0.2, 0.25) is 0 Å². The van der Waals surface area contributed by atoms with Gasteiger partial charge in [0.15, 0.2) is 0 Å². The number of anilines is 2. The molecule has 1 atom stereocenters. The van der Waals surface area contributed by atoms with Crippen LogP contribution in [0, 0.1) is 6.92 Å². The normalized spacial score (nSPS) is 19.8. The Morgan fingerprint density at radius 2 is 2.35 bits per heavy atom. The number of hydrogen-bond donors (Lipinski definition) is 2. The summed E-state index contributed by atoms with van der Waals surface area (Å²) in [6.45, 7) is 6.64. The fourth-order valence-corrected chi connectivity index (χ4v) is 2.44. The molecule has 1 aliphatic rings. The highest BCUT2D eigenvalue weighted by atomic mass is 16.5. The summed E-state index contributed by atoms with van der Waals surface area (Å²) in [4.78, 5) is 14.4. The Morgan fingerprint density at radius 1 is 1.55 bits per heavy atom. The number of nitrogens with two attached hydrogens (primary N) is 1. The molecule has 1 saturated heterocycles. The molecule has 1 aliphatic heterocycles. The Bertz CT molecular complexity index is 476. The molecule has 5 nitrogen and oxygen atoms in total. The van der Waals surface area contributed by atoms with Crippen molar-refractivity contribution < 1.29 is 9.53 Å². The first kappa shape index (κ1) is 14.8. The molecule has 1 amide bonds. The third-order valence-electron chi connectivity index (χ3n) is 3.82. The van der Waals surface area contributed by atoms with Crippen molar-refractivity contribution in [2.24, 2.45) is 0 Å². The van der Waals surface area contributed by atoms with E-state index in [0.29, 0.717) is 31.5 Å². The summed E-state index contributed by atoms with van der Waals surface area (Å²) in [6, 6.07) is 5.89. The lowest BCUT2D eigenvalue weighted by Gasteiger charge is -2.34. The largest absolute Gasteiger partial charge is 0.398 e. The molecule has 0 aromatic heterocycles. The van der Waals surface area contributed by atoms with Gasteiger partial charge in [0, 0.05) is 24.0 Å². The van der Waals surface area contributed by atoms with E-state index in [9.17, 15) is 4.79 Å². The number of nitrogens with one attached hydrogen (secondary N) is 1. The molecular formula is C15H23N3O2. The fraction of sp³-hybridized carbons (Fsp3) is 0.533. The van der Waals surface area contributed by atoms with Gasteiger partial charge in [0.1, 0.15) is 0 Å². The summed E-state index contributed by atoms with van der Waals surface area (Å²) in [6.07, 6.45) is 0.991. The van der Waals surface area contributed by atoms with E-state index in [1.54, 1.807) is 0 Å². The summed E-state index contributed by atoms with van der Waals surface area (Å²) in [5.41, 5.74) is 8.24. The van der Waals surface area contributed by atoms with E-state index in [0.717, 1.165) is 24.2 Å². The van der Waals surface area contributed by atoms with Crippen molar-refractivity contribution in [3.8, 4) is 0 Å². The second-order valence-electron chi connectivity index (χ2n) is 5.18. The van der Waals surface area contributed by atoms with Crippen molar-refractivity contribution in [3.05, 3.63) is 23.8 Å². The summed E-state index contributed by atoms with van der Waals surface area (Å²) in [7, 11) is 0. The Morgan fingerprint density at radius 3 is 3.10 bits per heavy atom. The van der Waals surface area contributed by atoms with Gasteiger partial charge in [-0.15, -0.1) is 0 Å². The van der Waals surface area contributed by atoms with E-state index < -0.39 is 0 Å². The lowest BCUT2D eigenvalue weighted by atomic mass is 10.1. The first-order valence-electron chi connectivity index (χ1n) is 7.08. The van der Waals surface area contributed by atoms with Crippen LogP contribution in [0.1, 0.15) is 18.9 Å². The third-order valence-corrected chi connectivity index (χ3v) is 3.82. The highest BCUT2D eigenvalue weighted by Gasteiger charge is 2.23. The Labute approximate surface area is 120 Å². The van der Waals surface area contributed by atoms with Crippen LogP contribution in [0.5, 0.6) is 0 Å². The molecule has 2 rings (SSSR count). The molecule has 0 radical (unpaired) electrons. The molecule has 1 heterocycles. The number of carbonyl (C=O) groups excluding carboxylic acids is 1. The zero-order valence-electron chi connectivity index (χ0n) is 12.2. The second kappa shape index (κ2) is 6.72. The fourth-order valence-electron chi connectivity index (χ4n) is 2.44. The molecule has 1 aromatic carbocycles. The van der Waals surface area contributed by atoms with Gasteiger partial charge in [-0.2, -0.15) is 0 Å². The number of carbonyl (C=O) groups is 1. The van der Waals surface area contributed by atoms with Crippen LogP contribution in [-0.4, -0.2) is 43.2 Å². The van der Waals surface area contributed by atoms with Gasteiger partial charge in [0.05, 0.1) is 19.8 Å². The number of amides is 1. The monoisotopic (exact) mass is 277 g/mol. The third kappa shape index (κ3) is 3.49. The van der Waals surface area contributed by atoms with Crippen molar-refractivity contribution in [1.82, 2.24) is 4.90 Å².